The van der Waals surface area contributed by atoms with Gasteiger partial charge < -0.3 is 4.57 Å². The van der Waals surface area contributed by atoms with Crippen molar-refractivity contribution < 1.29 is 4.79 Å². The topological polar surface area (TPSA) is 22.0 Å². The van der Waals surface area contributed by atoms with E-state index < -0.39 is 0 Å². The van der Waals surface area contributed by atoms with Crippen molar-refractivity contribution in [3.63, 3.8) is 0 Å². The fourth-order valence-corrected chi connectivity index (χ4v) is 3.55. The van der Waals surface area contributed by atoms with Crippen molar-refractivity contribution >= 4 is 33.1 Å². The smallest absolute Gasteiger partial charge is 0.153 e. The summed E-state index contributed by atoms with van der Waals surface area (Å²) in [5.74, 6) is 0. The molecule has 0 saturated heterocycles. The molecule has 0 radical (unpaired) electrons. The van der Waals surface area contributed by atoms with Crippen LogP contribution in [0.5, 0.6) is 0 Å². The van der Waals surface area contributed by atoms with Gasteiger partial charge in [-0.3, -0.25) is 4.79 Å². The first-order valence-corrected chi connectivity index (χ1v) is 8.36. The van der Waals surface area contributed by atoms with Crippen LogP contribution in [0.2, 0.25) is 0 Å². The first-order valence-electron chi connectivity index (χ1n) is 7.57. The lowest BCUT2D eigenvalue weighted by Gasteiger charge is -2.07. The van der Waals surface area contributed by atoms with Crippen molar-refractivity contribution in [2.24, 2.45) is 0 Å². The lowest BCUT2D eigenvalue weighted by Crippen LogP contribution is -1.99. The van der Waals surface area contributed by atoms with E-state index in [0.29, 0.717) is 0 Å². The highest BCUT2D eigenvalue weighted by Gasteiger charge is 2.13. The van der Waals surface area contributed by atoms with E-state index in [-0.39, 0.29) is 0 Å². The van der Waals surface area contributed by atoms with Crippen LogP contribution in [-0.4, -0.2) is 10.9 Å². The molecule has 0 fully saturated rings. The van der Waals surface area contributed by atoms with Crippen molar-refractivity contribution in [3.05, 3.63) is 70.3 Å². The molecule has 22 heavy (non-hydrogen) atoms. The fraction of sp³-hybridized carbons (Fsp3) is 0.211. The lowest BCUT2D eigenvalue weighted by atomic mass is 10.1. The van der Waals surface area contributed by atoms with E-state index in [4.69, 9.17) is 0 Å². The van der Waals surface area contributed by atoms with Crippen molar-refractivity contribution in [3.8, 4) is 0 Å². The summed E-state index contributed by atoms with van der Waals surface area (Å²) < 4.78 is 3.09. The molecule has 0 bridgehead atoms. The fourth-order valence-electron chi connectivity index (χ4n) is 2.87. The van der Waals surface area contributed by atoms with Gasteiger partial charge in [0.05, 0.1) is 10.2 Å². The van der Waals surface area contributed by atoms with Crippen LogP contribution >= 0.6 is 15.9 Å². The Morgan fingerprint density at radius 1 is 0.955 bits per heavy atom. The minimum absolute atomic E-state index is 0.749. The Morgan fingerprint density at radius 3 is 2.45 bits per heavy atom. The normalized spacial score (nSPS) is 11.0. The van der Waals surface area contributed by atoms with Crippen LogP contribution in [0.25, 0.3) is 10.9 Å². The van der Waals surface area contributed by atoms with Gasteiger partial charge in [-0.1, -0.05) is 48.5 Å². The molecule has 3 heteroatoms. The van der Waals surface area contributed by atoms with Gasteiger partial charge >= 0.3 is 0 Å². The van der Waals surface area contributed by atoms with E-state index >= 15 is 0 Å². The molecule has 0 unspecified atom stereocenters. The Balaban J connectivity index is 1.71. The van der Waals surface area contributed by atoms with Crippen LogP contribution in [-0.2, 0) is 13.0 Å². The summed E-state index contributed by atoms with van der Waals surface area (Å²) in [5.41, 5.74) is 3.25. The molecule has 0 atom stereocenters. The molecule has 1 heterocycles. The molecule has 3 rings (SSSR count). The third-order valence-electron chi connectivity index (χ3n) is 4.00. The second kappa shape index (κ2) is 6.93. The molecule has 0 amide bonds. The number of aromatic nitrogens is 1. The van der Waals surface area contributed by atoms with Gasteiger partial charge in [0.25, 0.3) is 0 Å². The standard InChI is InChI=1S/C19H18BrNO/c20-19-17(14-22)16-11-4-5-12-18(16)21(19)13-7-6-10-15-8-2-1-3-9-15/h1-5,8-9,11-12,14H,6-7,10,13H2. The summed E-state index contributed by atoms with van der Waals surface area (Å²) in [6.07, 6.45) is 4.26. The Bertz CT molecular complexity index is 777. The molecule has 2 nitrogen and oxygen atoms in total. The first kappa shape index (κ1) is 15.0. The Kier molecular flexibility index (Phi) is 4.74. The monoisotopic (exact) mass is 355 g/mol. The summed E-state index contributed by atoms with van der Waals surface area (Å²) in [6, 6.07) is 18.6. The van der Waals surface area contributed by atoms with E-state index in [1.165, 1.54) is 5.56 Å². The highest BCUT2D eigenvalue weighted by molar-refractivity contribution is 9.10. The maximum Gasteiger partial charge on any atom is 0.153 e. The maximum atomic E-state index is 11.3. The Hall–Kier alpha value is -1.87. The number of hydrogen-bond donors (Lipinski definition) is 0. The predicted octanol–water partition coefficient (Wildman–Crippen LogP) is 5.24. The number of fused-ring (bicyclic) bond motifs is 1. The van der Waals surface area contributed by atoms with Crippen LogP contribution in [0, 0.1) is 0 Å². The van der Waals surface area contributed by atoms with Crippen molar-refractivity contribution in [2.75, 3.05) is 0 Å². The number of rotatable bonds is 6. The molecular formula is C19H18BrNO. The number of benzene rings is 2. The molecule has 0 aliphatic carbocycles. The van der Waals surface area contributed by atoms with E-state index in [1.54, 1.807) is 0 Å². The zero-order valence-electron chi connectivity index (χ0n) is 12.3. The van der Waals surface area contributed by atoms with E-state index in [1.807, 2.05) is 24.3 Å². The minimum Gasteiger partial charge on any atom is -0.335 e. The highest BCUT2D eigenvalue weighted by atomic mass is 79.9. The summed E-state index contributed by atoms with van der Waals surface area (Å²) in [6.45, 7) is 0.918. The van der Waals surface area contributed by atoms with Gasteiger partial charge in [-0.25, -0.2) is 0 Å². The second-order valence-corrected chi connectivity index (χ2v) is 6.18. The predicted molar refractivity (Wildman–Crippen MR) is 94.4 cm³/mol. The molecule has 0 aliphatic heterocycles. The maximum absolute atomic E-state index is 11.3. The number of para-hydroxylation sites is 1. The summed E-state index contributed by atoms with van der Waals surface area (Å²) in [5, 5.41) is 1.02. The number of aryl methyl sites for hydroxylation is 2. The molecule has 2 aromatic carbocycles. The molecule has 0 saturated carbocycles. The van der Waals surface area contributed by atoms with Crippen LogP contribution < -0.4 is 0 Å². The number of aldehydes is 1. The average Bonchev–Trinajstić information content (AvgIpc) is 2.84. The third kappa shape index (κ3) is 3.00. The van der Waals surface area contributed by atoms with Gasteiger partial charge in [0, 0.05) is 17.4 Å². The number of carbonyl (C=O) groups excluding carboxylic acids is 1. The van der Waals surface area contributed by atoms with Gasteiger partial charge in [0.15, 0.2) is 6.29 Å². The zero-order valence-corrected chi connectivity index (χ0v) is 13.9. The Labute approximate surface area is 138 Å². The Morgan fingerprint density at radius 2 is 1.68 bits per heavy atom. The van der Waals surface area contributed by atoms with Crippen molar-refractivity contribution in [2.45, 2.75) is 25.8 Å². The lowest BCUT2D eigenvalue weighted by molar-refractivity contribution is 0.112. The van der Waals surface area contributed by atoms with Gasteiger partial charge in [-0.2, -0.15) is 0 Å². The molecule has 0 N–H and O–H groups in total. The van der Waals surface area contributed by atoms with Gasteiger partial charge in [-0.15, -0.1) is 0 Å². The largest absolute Gasteiger partial charge is 0.335 e. The van der Waals surface area contributed by atoms with Gasteiger partial charge in [0.2, 0.25) is 0 Å². The molecule has 0 spiro atoms. The minimum atomic E-state index is 0.749. The number of nitrogens with zero attached hydrogens (tertiary/aromatic N) is 1. The summed E-state index contributed by atoms with van der Waals surface area (Å²) in [4.78, 5) is 11.3. The van der Waals surface area contributed by atoms with E-state index in [2.05, 4.69) is 50.8 Å². The number of carbonyl (C=O) groups is 1. The quantitative estimate of drug-likeness (QED) is 0.437. The average molecular weight is 356 g/mol. The van der Waals surface area contributed by atoms with Crippen LogP contribution in [0.4, 0.5) is 0 Å². The van der Waals surface area contributed by atoms with Crippen LogP contribution in [0.3, 0.4) is 0 Å². The number of halogens is 1. The molecular weight excluding hydrogens is 338 g/mol. The van der Waals surface area contributed by atoms with Crippen molar-refractivity contribution in [1.82, 2.24) is 4.57 Å². The van der Waals surface area contributed by atoms with Gasteiger partial charge in [0.1, 0.15) is 0 Å². The summed E-state index contributed by atoms with van der Waals surface area (Å²) >= 11 is 3.58. The van der Waals surface area contributed by atoms with E-state index in [0.717, 1.165) is 53.2 Å². The van der Waals surface area contributed by atoms with Gasteiger partial charge in [-0.05, 0) is 46.8 Å². The first-order chi connectivity index (χ1) is 10.8. The molecule has 3 aromatic rings. The summed E-state index contributed by atoms with van der Waals surface area (Å²) in [7, 11) is 0. The zero-order chi connectivity index (χ0) is 15.4. The van der Waals surface area contributed by atoms with E-state index in [9.17, 15) is 4.79 Å². The second-order valence-electron chi connectivity index (χ2n) is 5.43. The molecule has 112 valence electrons. The van der Waals surface area contributed by atoms with Crippen LogP contribution in [0.1, 0.15) is 28.8 Å². The third-order valence-corrected chi connectivity index (χ3v) is 4.86. The van der Waals surface area contributed by atoms with Crippen molar-refractivity contribution in [1.29, 1.82) is 0 Å². The molecule has 0 aliphatic rings. The molecule has 1 aromatic heterocycles. The van der Waals surface area contributed by atoms with Crippen LogP contribution in [0.15, 0.2) is 59.2 Å². The number of unbranched alkanes of at least 4 members (excludes halogenated alkanes) is 1. The SMILES string of the molecule is O=Cc1c(Br)n(CCCCc2ccccc2)c2ccccc12. The highest BCUT2D eigenvalue weighted by Crippen LogP contribution is 2.29. The number of hydrogen-bond acceptors (Lipinski definition) is 1.